The number of nitrogens with zero attached hydrogens (tertiary/aromatic N) is 1. The third-order valence-electron chi connectivity index (χ3n) is 3.97. The fraction of sp³-hybridized carbons (Fsp3) is 0.833. The van der Waals surface area contributed by atoms with Crippen LogP contribution >= 0.6 is 0 Å². The first-order chi connectivity index (χ1) is 7.63. The molecule has 2 fully saturated rings. The molecule has 0 aromatic rings. The lowest BCUT2D eigenvalue weighted by Crippen LogP contribution is -2.59. The van der Waals surface area contributed by atoms with Crippen molar-refractivity contribution >= 4 is 11.9 Å². The summed E-state index contributed by atoms with van der Waals surface area (Å²) in [5.41, 5.74) is -0.647. The molecule has 2 unspecified atom stereocenters. The zero-order valence-corrected chi connectivity index (χ0v) is 9.99. The van der Waals surface area contributed by atoms with Gasteiger partial charge in [-0.2, -0.15) is 0 Å². The van der Waals surface area contributed by atoms with Crippen LogP contribution in [-0.2, 0) is 14.3 Å². The Labute approximate surface area is 95.9 Å². The molecular weight excluding hydrogens is 206 g/mol. The molecule has 0 aromatic heterocycles. The molecule has 0 N–H and O–H groups in total. The van der Waals surface area contributed by atoms with E-state index in [4.69, 9.17) is 4.74 Å². The number of fused-ring (bicyclic) bond motifs is 1. The fourth-order valence-corrected chi connectivity index (χ4v) is 3.09. The summed E-state index contributed by atoms with van der Waals surface area (Å²) in [7, 11) is 0. The lowest BCUT2D eigenvalue weighted by atomic mass is 9.77. The Morgan fingerprint density at radius 3 is 3.06 bits per heavy atom. The number of hydrogen-bond acceptors (Lipinski definition) is 3. The van der Waals surface area contributed by atoms with Crippen molar-refractivity contribution in [3.63, 3.8) is 0 Å². The van der Waals surface area contributed by atoms with E-state index in [-0.39, 0.29) is 17.8 Å². The maximum atomic E-state index is 12.1. The summed E-state index contributed by atoms with van der Waals surface area (Å²) in [6.45, 7) is 4.96. The first-order valence-electron chi connectivity index (χ1n) is 6.10. The number of piperidine rings is 1. The summed E-state index contributed by atoms with van der Waals surface area (Å²) in [6.07, 6.45) is 3.12. The van der Waals surface area contributed by atoms with E-state index in [0.717, 1.165) is 12.8 Å². The van der Waals surface area contributed by atoms with Gasteiger partial charge in [-0.15, -0.1) is 0 Å². The highest BCUT2D eigenvalue weighted by atomic mass is 16.5. The molecular formula is C12H19NO3. The van der Waals surface area contributed by atoms with Gasteiger partial charge in [0.15, 0.2) is 0 Å². The third kappa shape index (κ3) is 1.43. The van der Waals surface area contributed by atoms with Gasteiger partial charge in [0.2, 0.25) is 5.91 Å². The largest absolute Gasteiger partial charge is 0.464 e. The molecule has 16 heavy (non-hydrogen) atoms. The van der Waals surface area contributed by atoms with Crippen LogP contribution in [0.15, 0.2) is 0 Å². The van der Waals surface area contributed by atoms with Crippen LogP contribution in [0.3, 0.4) is 0 Å². The molecule has 0 radical (unpaired) electrons. The number of amides is 1. The molecule has 0 bridgehead atoms. The number of carbonyl (C=O) groups is 2. The van der Waals surface area contributed by atoms with Crippen molar-refractivity contribution in [2.75, 3.05) is 13.2 Å². The smallest absolute Gasteiger partial charge is 0.332 e. The van der Waals surface area contributed by atoms with Gasteiger partial charge in [-0.05, 0) is 32.1 Å². The van der Waals surface area contributed by atoms with Crippen LogP contribution in [0.5, 0.6) is 0 Å². The van der Waals surface area contributed by atoms with Crippen LogP contribution in [0.25, 0.3) is 0 Å². The minimum absolute atomic E-state index is 0.111. The molecule has 0 aromatic carbocycles. The Kier molecular flexibility index (Phi) is 2.91. The van der Waals surface area contributed by atoms with Crippen LogP contribution in [0, 0.1) is 5.92 Å². The fourth-order valence-electron chi connectivity index (χ4n) is 3.09. The number of ether oxygens (including phenoxy) is 1. The van der Waals surface area contributed by atoms with Crippen molar-refractivity contribution in [1.29, 1.82) is 0 Å². The van der Waals surface area contributed by atoms with Gasteiger partial charge in [-0.1, -0.05) is 6.92 Å². The molecule has 2 atom stereocenters. The Morgan fingerprint density at radius 2 is 2.38 bits per heavy atom. The third-order valence-corrected chi connectivity index (χ3v) is 3.97. The number of rotatable bonds is 2. The molecule has 2 aliphatic rings. The molecule has 0 aliphatic carbocycles. The Morgan fingerprint density at radius 1 is 1.62 bits per heavy atom. The maximum Gasteiger partial charge on any atom is 0.332 e. The second kappa shape index (κ2) is 4.07. The zero-order valence-electron chi connectivity index (χ0n) is 9.99. The van der Waals surface area contributed by atoms with E-state index in [1.165, 1.54) is 0 Å². The minimum Gasteiger partial charge on any atom is -0.464 e. The van der Waals surface area contributed by atoms with E-state index in [2.05, 4.69) is 6.92 Å². The molecule has 4 heteroatoms. The lowest BCUT2D eigenvalue weighted by molar-refractivity contribution is -0.166. The Balaban J connectivity index is 2.31. The van der Waals surface area contributed by atoms with Crippen molar-refractivity contribution in [2.45, 2.75) is 45.1 Å². The topological polar surface area (TPSA) is 46.6 Å². The van der Waals surface area contributed by atoms with Gasteiger partial charge in [0, 0.05) is 13.0 Å². The van der Waals surface area contributed by atoms with Gasteiger partial charge in [-0.3, -0.25) is 4.79 Å². The highest BCUT2D eigenvalue weighted by Crippen LogP contribution is 2.43. The first kappa shape index (κ1) is 11.4. The van der Waals surface area contributed by atoms with E-state index in [0.29, 0.717) is 26.0 Å². The Bertz CT molecular complexity index is 315. The molecule has 2 aliphatic heterocycles. The SMILES string of the molecule is CCOC(=O)C12CCC(=O)N1CCCC2C. The molecule has 90 valence electrons. The van der Waals surface area contributed by atoms with Crippen molar-refractivity contribution in [3.05, 3.63) is 0 Å². The molecule has 0 spiro atoms. The average Bonchev–Trinajstić information content (AvgIpc) is 2.60. The van der Waals surface area contributed by atoms with Crippen molar-refractivity contribution in [1.82, 2.24) is 4.90 Å². The molecule has 4 nitrogen and oxygen atoms in total. The second-order valence-electron chi connectivity index (χ2n) is 4.73. The number of hydrogen-bond donors (Lipinski definition) is 0. The highest BCUT2D eigenvalue weighted by Gasteiger charge is 2.56. The van der Waals surface area contributed by atoms with Crippen LogP contribution in [0.1, 0.15) is 39.5 Å². The summed E-state index contributed by atoms with van der Waals surface area (Å²) < 4.78 is 5.17. The average molecular weight is 225 g/mol. The van der Waals surface area contributed by atoms with E-state index < -0.39 is 5.54 Å². The van der Waals surface area contributed by atoms with E-state index in [1.807, 2.05) is 6.92 Å². The molecule has 1 amide bonds. The second-order valence-corrected chi connectivity index (χ2v) is 4.73. The van der Waals surface area contributed by atoms with Crippen LogP contribution in [0.2, 0.25) is 0 Å². The van der Waals surface area contributed by atoms with E-state index >= 15 is 0 Å². The Hall–Kier alpha value is -1.06. The van der Waals surface area contributed by atoms with Gasteiger partial charge in [0.1, 0.15) is 5.54 Å². The van der Waals surface area contributed by atoms with Crippen molar-refractivity contribution < 1.29 is 14.3 Å². The van der Waals surface area contributed by atoms with Crippen LogP contribution in [0.4, 0.5) is 0 Å². The van der Waals surface area contributed by atoms with Crippen molar-refractivity contribution in [3.8, 4) is 0 Å². The van der Waals surface area contributed by atoms with Gasteiger partial charge in [0.25, 0.3) is 0 Å². The maximum absolute atomic E-state index is 12.1. The molecule has 0 saturated carbocycles. The predicted octanol–water partition coefficient (Wildman–Crippen LogP) is 1.34. The van der Waals surface area contributed by atoms with Gasteiger partial charge < -0.3 is 9.64 Å². The standard InChI is InChI=1S/C12H19NO3/c1-3-16-11(15)12-7-6-10(14)13(12)8-4-5-9(12)2/h9H,3-8H2,1-2H3. The number of esters is 1. The summed E-state index contributed by atoms with van der Waals surface area (Å²) in [5, 5.41) is 0. The molecule has 2 rings (SSSR count). The highest BCUT2D eigenvalue weighted by molar-refractivity contribution is 5.92. The predicted molar refractivity (Wildman–Crippen MR) is 58.7 cm³/mol. The first-order valence-corrected chi connectivity index (χ1v) is 6.10. The summed E-state index contributed by atoms with van der Waals surface area (Å²) in [4.78, 5) is 25.7. The van der Waals surface area contributed by atoms with Gasteiger partial charge in [0.05, 0.1) is 6.61 Å². The van der Waals surface area contributed by atoms with E-state index in [1.54, 1.807) is 4.90 Å². The van der Waals surface area contributed by atoms with Gasteiger partial charge in [-0.25, -0.2) is 4.79 Å². The lowest BCUT2D eigenvalue weighted by Gasteiger charge is -2.44. The molecule has 2 heterocycles. The monoisotopic (exact) mass is 225 g/mol. The van der Waals surface area contributed by atoms with Crippen molar-refractivity contribution in [2.24, 2.45) is 5.92 Å². The number of carbonyl (C=O) groups excluding carboxylic acids is 2. The normalized spacial score (nSPS) is 33.8. The van der Waals surface area contributed by atoms with Crippen LogP contribution < -0.4 is 0 Å². The minimum atomic E-state index is -0.647. The zero-order chi connectivity index (χ0) is 11.8. The molecule has 2 saturated heterocycles. The summed E-state index contributed by atoms with van der Waals surface area (Å²) >= 11 is 0. The van der Waals surface area contributed by atoms with E-state index in [9.17, 15) is 9.59 Å². The summed E-state index contributed by atoms with van der Waals surface area (Å²) in [5.74, 6) is 0.124. The quantitative estimate of drug-likeness (QED) is 0.666. The van der Waals surface area contributed by atoms with Gasteiger partial charge >= 0.3 is 5.97 Å². The van der Waals surface area contributed by atoms with Crippen LogP contribution in [-0.4, -0.2) is 35.5 Å². The summed E-state index contributed by atoms with van der Waals surface area (Å²) in [6, 6.07) is 0.